The molecular weight excluding hydrogens is 248 g/mol. The summed E-state index contributed by atoms with van der Waals surface area (Å²) in [6.07, 6.45) is 4.17. The van der Waals surface area contributed by atoms with Crippen LogP contribution >= 0.6 is 0 Å². The fourth-order valence-corrected chi connectivity index (χ4v) is 3.97. The molecule has 1 heterocycles. The van der Waals surface area contributed by atoms with Gasteiger partial charge in [0, 0.05) is 25.2 Å². The summed E-state index contributed by atoms with van der Waals surface area (Å²) < 4.78 is 5.58. The van der Waals surface area contributed by atoms with Crippen LogP contribution in [0.5, 0.6) is 0 Å². The van der Waals surface area contributed by atoms with E-state index in [1.807, 2.05) is 0 Å². The largest absolute Gasteiger partial charge is 0.379 e. The summed E-state index contributed by atoms with van der Waals surface area (Å²) in [5.74, 6) is 2.57. The van der Waals surface area contributed by atoms with E-state index in [0.29, 0.717) is 6.04 Å². The number of hydrogen-bond acceptors (Lipinski definition) is 3. The number of nitrogens with one attached hydrogen (secondary N) is 1. The second-order valence-corrected chi connectivity index (χ2v) is 7.16. The first-order chi connectivity index (χ1) is 9.61. The van der Waals surface area contributed by atoms with Crippen LogP contribution < -0.4 is 5.32 Å². The Morgan fingerprint density at radius 2 is 2.10 bits per heavy atom. The zero-order valence-electron chi connectivity index (χ0n) is 13.9. The third-order valence-electron chi connectivity index (χ3n) is 5.41. The van der Waals surface area contributed by atoms with Crippen LogP contribution in [0.15, 0.2) is 0 Å². The lowest BCUT2D eigenvalue weighted by Crippen LogP contribution is -2.51. The fourth-order valence-electron chi connectivity index (χ4n) is 3.97. The number of hydrogen-bond donors (Lipinski definition) is 1. The summed E-state index contributed by atoms with van der Waals surface area (Å²) in [4.78, 5) is 2.65. The minimum Gasteiger partial charge on any atom is -0.379 e. The van der Waals surface area contributed by atoms with Crippen LogP contribution in [0, 0.1) is 17.8 Å². The highest BCUT2D eigenvalue weighted by molar-refractivity contribution is 4.88. The Morgan fingerprint density at radius 1 is 1.30 bits per heavy atom. The molecule has 0 aromatic rings. The second kappa shape index (κ2) is 7.77. The van der Waals surface area contributed by atoms with Crippen molar-refractivity contribution < 1.29 is 4.74 Å². The van der Waals surface area contributed by atoms with Gasteiger partial charge in [-0.2, -0.15) is 0 Å². The van der Waals surface area contributed by atoms with E-state index in [-0.39, 0.29) is 0 Å². The Hall–Kier alpha value is -0.120. The van der Waals surface area contributed by atoms with E-state index >= 15 is 0 Å². The van der Waals surface area contributed by atoms with Crippen molar-refractivity contribution in [3.8, 4) is 0 Å². The predicted molar refractivity (Wildman–Crippen MR) is 85.0 cm³/mol. The molecule has 1 saturated carbocycles. The van der Waals surface area contributed by atoms with Crippen molar-refractivity contribution in [3.63, 3.8) is 0 Å². The molecule has 2 aliphatic rings. The zero-order chi connectivity index (χ0) is 14.5. The van der Waals surface area contributed by atoms with Gasteiger partial charge in [-0.15, -0.1) is 0 Å². The highest BCUT2D eigenvalue weighted by atomic mass is 16.5. The van der Waals surface area contributed by atoms with Crippen molar-refractivity contribution in [2.45, 2.75) is 59.0 Å². The Kier molecular flexibility index (Phi) is 6.31. The second-order valence-electron chi connectivity index (χ2n) is 7.16. The lowest BCUT2D eigenvalue weighted by molar-refractivity contribution is -0.0157. The fraction of sp³-hybridized carbons (Fsp3) is 1.00. The summed E-state index contributed by atoms with van der Waals surface area (Å²) in [6.45, 7) is 14.6. The van der Waals surface area contributed by atoms with E-state index in [4.69, 9.17) is 4.74 Å². The molecule has 1 saturated heterocycles. The maximum Gasteiger partial charge on any atom is 0.0619 e. The van der Waals surface area contributed by atoms with Crippen LogP contribution in [-0.4, -0.2) is 49.8 Å². The molecular formula is C17H34N2O. The Labute approximate surface area is 125 Å². The number of morpholine rings is 1. The van der Waals surface area contributed by atoms with Gasteiger partial charge in [-0.3, -0.25) is 4.90 Å². The number of ether oxygens (including phenoxy) is 1. The van der Waals surface area contributed by atoms with Crippen molar-refractivity contribution in [3.05, 3.63) is 0 Å². The lowest BCUT2D eigenvalue weighted by Gasteiger charge is -2.43. The van der Waals surface area contributed by atoms with Crippen LogP contribution in [-0.2, 0) is 4.74 Å². The van der Waals surface area contributed by atoms with Crippen molar-refractivity contribution >= 4 is 0 Å². The predicted octanol–water partition coefficient (Wildman–Crippen LogP) is 2.76. The Balaban J connectivity index is 1.95. The minimum atomic E-state index is 0.588. The van der Waals surface area contributed by atoms with Crippen molar-refractivity contribution in [1.82, 2.24) is 10.2 Å². The molecule has 0 bridgehead atoms. The van der Waals surface area contributed by atoms with Gasteiger partial charge in [0.25, 0.3) is 0 Å². The van der Waals surface area contributed by atoms with Gasteiger partial charge in [-0.05, 0) is 50.5 Å². The normalized spacial score (nSPS) is 36.5. The van der Waals surface area contributed by atoms with Gasteiger partial charge in [0.05, 0.1) is 13.2 Å². The molecule has 0 radical (unpaired) electrons. The van der Waals surface area contributed by atoms with E-state index < -0.39 is 0 Å². The third-order valence-corrected chi connectivity index (χ3v) is 5.41. The maximum absolute atomic E-state index is 5.58. The molecule has 1 aliphatic carbocycles. The molecule has 1 aliphatic heterocycles. The number of rotatable bonds is 5. The summed E-state index contributed by atoms with van der Waals surface area (Å²) in [5, 5.41) is 3.74. The molecule has 1 N–H and O–H groups in total. The molecule has 118 valence electrons. The van der Waals surface area contributed by atoms with Crippen LogP contribution in [0.4, 0.5) is 0 Å². The quantitative estimate of drug-likeness (QED) is 0.839. The van der Waals surface area contributed by atoms with E-state index in [1.54, 1.807) is 0 Å². The SMILES string of the molecule is CCNC1CCC(C(C)C)CC1CN1CCOCC1C. The van der Waals surface area contributed by atoms with Crippen LogP contribution in [0.3, 0.4) is 0 Å². The van der Waals surface area contributed by atoms with Gasteiger partial charge < -0.3 is 10.1 Å². The van der Waals surface area contributed by atoms with Gasteiger partial charge in [-0.25, -0.2) is 0 Å². The van der Waals surface area contributed by atoms with Gasteiger partial charge in [-0.1, -0.05) is 20.8 Å². The monoisotopic (exact) mass is 282 g/mol. The van der Waals surface area contributed by atoms with Gasteiger partial charge in [0.2, 0.25) is 0 Å². The molecule has 20 heavy (non-hydrogen) atoms. The molecule has 0 aromatic carbocycles. The summed E-state index contributed by atoms with van der Waals surface area (Å²) in [5.41, 5.74) is 0. The molecule has 3 heteroatoms. The van der Waals surface area contributed by atoms with E-state index in [2.05, 4.69) is 37.9 Å². The van der Waals surface area contributed by atoms with Crippen LogP contribution in [0.1, 0.15) is 47.0 Å². The minimum absolute atomic E-state index is 0.588. The van der Waals surface area contributed by atoms with Gasteiger partial charge in [0.1, 0.15) is 0 Å². The topological polar surface area (TPSA) is 24.5 Å². The standard InChI is InChI=1S/C17H34N2O/c1-5-18-17-7-6-15(13(2)3)10-16(17)11-19-8-9-20-12-14(19)4/h13-18H,5-12H2,1-4H3. The average molecular weight is 282 g/mol. The Bertz CT molecular complexity index is 282. The molecule has 2 fully saturated rings. The Morgan fingerprint density at radius 3 is 2.75 bits per heavy atom. The van der Waals surface area contributed by atoms with Crippen molar-refractivity contribution in [2.24, 2.45) is 17.8 Å². The first-order valence-electron chi connectivity index (χ1n) is 8.67. The average Bonchev–Trinajstić information content (AvgIpc) is 2.43. The number of nitrogens with zero attached hydrogens (tertiary/aromatic N) is 1. The first kappa shape index (κ1) is 16.3. The highest BCUT2D eigenvalue weighted by Gasteiger charge is 2.33. The van der Waals surface area contributed by atoms with Crippen molar-refractivity contribution in [2.75, 3.05) is 32.8 Å². The van der Waals surface area contributed by atoms with Gasteiger partial charge >= 0.3 is 0 Å². The van der Waals surface area contributed by atoms with E-state index in [9.17, 15) is 0 Å². The molecule has 4 atom stereocenters. The molecule has 2 rings (SSSR count). The molecule has 0 amide bonds. The molecule has 0 aromatic heterocycles. The highest BCUT2D eigenvalue weighted by Crippen LogP contribution is 2.34. The molecule has 4 unspecified atom stereocenters. The van der Waals surface area contributed by atoms with Crippen molar-refractivity contribution in [1.29, 1.82) is 0 Å². The maximum atomic E-state index is 5.58. The van der Waals surface area contributed by atoms with Crippen LogP contribution in [0.25, 0.3) is 0 Å². The van der Waals surface area contributed by atoms with Crippen LogP contribution in [0.2, 0.25) is 0 Å². The lowest BCUT2D eigenvalue weighted by atomic mass is 9.73. The molecule has 3 nitrogen and oxygen atoms in total. The first-order valence-corrected chi connectivity index (χ1v) is 8.67. The zero-order valence-corrected chi connectivity index (χ0v) is 13.9. The van der Waals surface area contributed by atoms with Gasteiger partial charge in [0.15, 0.2) is 0 Å². The van der Waals surface area contributed by atoms with E-state index in [0.717, 1.165) is 50.1 Å². The summed E-state index contributed by atoms with van der Waals surface area (Å²) in [6, 6.07) is 1.32. The summed E-state index contributed by atoms with van der Waals surface area (Å²) >= 11 is 0. The molecule has 0 spiro atoms. The third kappa shape index (κ3) is 4.19. The summed E-state index contributed by atoms with van der Waals surface area (Å²) in [7, 11) is 0. The smallest absolute Gasteiger partial charge is 0.0619 e. The van der Waals surface area contributed by atoms with E-state index in [1.165, 1.54) is 25.8 Å².